The standard InChI is InChI=1S/C53H36F3N3/c1-32-15-19-35(20-16-32)37-23-25-42-40-10-4-6-13-46(40)58(48(42)27-37)50-29-39(52-34(3)9-8-12-45(52)53(54,55)56)30-51(44(50)31-57)59-47-14-7-5-11-41(47)43-26-24-38(28-49(43)59)36-21-17-33(2)18-22-36/h4-30H,1-3H3. The molecule has 10 rings (SSSR count). The number of hydrogen-bond acceptors (Lipinski definition) is 1. The molecule has 0 aliphatic heterocycles. The molecular formula is C53H36F3N3. The number of rotatable bonds is 5. The highest BCUT2D eigenvalue weighted by molar-refractivity contribution is 6.12. The highest BCUT2D eigenvalue weighted by atomic mass is 19.4. The topological polar surface area (TPSA) is 33.6 Å². The van der Waals surface area contributed by atoms with Crippen molar-refractivity contribution in [3.63, 3.8) is 0 Å². The Morgan fingerprint density at radius 3 is 1.34 bits per heavy atom. The summed E-state index contributed by atoms with van der Waals surface area (Å²) in [6.07, 6.45) is -4.62. The lowest BCUT2D eigenvalue weighted by atomic mass is 9.92. The Balaban J connectivity index is 1.36. The third-order valence-electron chi connectivity index (χ3n) is 11.7. The van der Waals surface area contributed by atoms with Crippen LogP contribution in [0.25, 0.3) is 88.4 Å². The number of aromatic nitrogens is 2. The predicted octanol–water partition coefficient (Wildman–Crippen LogP) is 14.7. The first-order valence-corrected chi connectivity index (χ1v) is 19.6. The number of hydrogen-bond donors (Lipinski definition) is 0. The van der Waals surface area contributed by atoms with E-state index in [2.05, 4.69) is 126 Å². The van der Waals surface area contributed by atoms with Crippen molar-refractivity contribution in [1.29, 1.82) is 5.26 Å². The molecule has 0 spiro atoms. The van der Waals surface area contributed by atoms with Crippen LogP contribution in [0.15, 0.2) is 164 Å². The van der Waals surface area contributed by atoms with Gasteiger partial charge in [-0.2, -0.15) is 18.4 Å². The monoisotopic (exact) mass is 771 g/mol. The van der Waals surface area contributed by atoms with Crippen molar-refractivity contribution in [1.82, 2.24) is 9.13 Å². The quantitative estimate of drug-likeness (QED) is 0.172. The Bertz CT molecular complexity index is 3150. The number of nitriles is 1. The van der Waals surface area contributed by atoms with Gasteiger partial charge in [0.05, 0.1) is 39.0 Å². The number of halogens is 3. The number of fused-ring (bicyclic) bond motifs is 6. The average Bonchev–Trinajstić information content (AvgIpc) is 3.75. The van der Waals surface area contributed by atoms with Gasteiger partial charge in [0, 0.05) is 21.5 Å². The minimum absolute atomic E-state index is 0.0780. The molecule has 0 unspecified atom stereocenters. The Labute approximate surface area is 339 Å². The van der Waals surface area contributed by atoms with Gasteiger partial charge >= 0.3 is 6.18 Å². The predicted molar refractivity (Wildman–Crippen MR) is 235 cm³/mol. The van der Waals surface area contributed by atoms with Crippen molar-refractivity contribution in [2.24, 2.45) is 0 Å². The van der Waals surface area contributed by atoms with Gasteiger partial charge in [-0.3, -0.25) is 0 Å². The van der Waals surface area contributed by atoms with E-state index in [4.69, 9.17) is 0 Å². The summed E-state index contributed by atoms with van der Waals surface area (Å²) in [4.78, 5) is 0. The van der Waals surface area contributed by atoms with Crippen LogP contribution >= 0.6 is 0 Å². The van der Waals surface area contributed by atoms with Crippen LogP contribution in [0.1, 0.15) is 27.8 Å². The van der Waals surface area contributed by atoms with Crippen molar-refractivity contribution in [2.75, 3.05) is 0 Å². The molecular weight excluding hydrogens is 736 g/mol. The van der Waals surface area contributed by atoms with E-state index in [-0.39, 0.29) is 5.56 Å². The number of nitrogens with zero attached hydrogens (tertiary/aromatic N) is 3. The zero-order valence-corrected chi connectivity index (χ0v) is 32.6. The summed E-state index contributed by atoms with van der Waals surface area (Å²) in [7, 11) is 0. The molecule has 8 aromatic carbocycles. The maximum atomic E-state index is 15.0. The van der Waals surface area contributed by atoms with Gasteiger partial charge in [0.2, 0.25) is 0 Å². The van der Waals surface area contributed by atoms with Crippen molar-refractivity contribution in [3.05, 3.63) is 192 Å². The molecule has 0 fully saturated rings. The SMILES string of the molecule is Cc1ccc(-c2ccc3c4ccccc4n(-c4cc(-c5c(C)cccc5C(F)(F)F)cc(-n5c6ccccc6c6ccc(-c7ccc(C)cc7)cc65)c4C#N)c3c2)cc1. The third kappa shape index (κ3) is 5.89. The maximum absolute atomic E-state index is 15.0. The van der Waals surface area contributed by atoms with Crippen LogP contribution < -0.4 is 0 Å². The van der Waals surface area contributed by atoms with Gasteiger partial charge in [-0.1, -0.05) is 132 Å². The van der Waals surface area contributed by atoms with Gasteiger partial charge in [-0.05, 0) is 102 Å². The maximum Gasteiger partial charge on any atom is 0.417 e. The highest BCUT2D eigenvalue weighted by Gasteiger charge is 2.35. The minimum atomic E-state index is -4.62. The van der Waals surface area contributed by atoms with Crippen LogP contribution in [-0.4, -0.2) is 9.13 Å². The van der Waals surface area contributed by atoms with E-state index in [9.17, 15) is 5.26 Å². The number of benzene rings is 8. The molecule has 6 heteroatoms. The summed E-state index contributed by atoms with van der Waals surface area (Å²) >= 11 is 0. The first-order chi connectivity index (χ1) is 28.6. The lowest BCUT2D eigenvalue weighted by Gasteiger charge is -2.21. The Morgan fingerprint density at radius 1 is 0.441 bits per heavy atom. The minimum Gasteiger partial charge on any atom is -0.308 e. The average molecular weight is 772 g/mol. The van der Waals surface area contributed by atoms with Gasteiger partial charge in [0.15, 0.2) is 0 Å². The highest BCUT2D eigenvalue weighted by Crippen LogP contribution is 2.45. The van der Waals surface area contributed by atoms with Gasteiger partial charge in [-0.15, -0.1) is 0 Å². The van der Waals surface area contributed by atoms with Gasteiger partial charge in [-0.25, -0.2) is 0 Å². The molecule has 0 bridgehead atoms. The molecule has 3 nitrogen and oxygen atoms in total. The van der Waals surface area contributed by atoms with E-state index in [0.717, 1.165) is 83.1 Å². The summed E-state index contributed by atoms with van der Waals surface area (Å²) in [6, 6.07) is 55.8. The first-order valence-electron chi connectivity index (χ1n) is 19.6. The van der Waals surface area contributed by atoms with Crippen LogP contribution in [0.5, 0.6) is 0 Å². The van der Waals surface area contributed by atoms with E-state index in [1.165, 1.54) is 6.07 Å². The summed E-state index contributed by atoms with van der Waals surface area (Å²) in [5.41, 5.74) is 11.2. The molecule has 59 heavy (non-hydrogen) atoms. The number of para-hydroxylation sites is 2. The van der Waals surface area contributed by atoms with Crippen molar-refractivity contribution < 1.29 is 13.2 Å². The summed E-state index contributed by atoms with van der Waals surface area (Å²) < 4.78 is 49.2. The zero-order chi connectivity index (χ0) is 40.6. The van der Waals surface area contributed by atoms with Gasteiger partial charge in [0.25, 0.3) is 0 Å². The Hall–Kier alpha value is -7.36. The van der Waals surface area contributed by atoms with Crippen molar-refractivity contribution in [2.45, 2.75) is 26.9 Å². The summed E-state index contributed by atoms with van der Waals surface area (Å²) in [5, 5.41) is 15.3. The lowest BCUT2D eigenvalue weighted by molar-refractivity contribution is -0.137. The molecule has 284 valence electrons. The number of alkyl halides is 3. The Kier molecular flexibility index (Phi) is 8.33. The second kappa shape index (κ2) is 13.6. The Morgan fingerprint density at radius 2 is 0.881 bits per heavy atom. The molecule has 0 saturated heterocycles. The molecule has 0 aliphatic carbocycles. The van der Waals surface area contributed by atoms with E-state index in [1.807, 2.05) is 36.4 Å². The fraction of sp³-hybridized carbons (Fsp3) is 0.0755. The largest absolute Gasteiger partial charge is 0.417 e. The molecule has 2 aromatic heterocycles. The van der Waals surface area contributed by atoms with Crippen LogP contribution in [0, 0.1) is 32.1 Å². The van der Waals surface area contributed by atoms with Crippen LogP contribution in [-0.2, 0) is 6.18 Å². The third-order valence-corrected chi connectivity index (χ3v) is 11.7. The molecule has 0 N–H and O–H groups in total. The molecule has 0 radical (unpaired) electrons. The first kappa shape index (κ1) is 36.0. The fourth-order valence-electron chi connectivity index (χ4n) is 8.82. The van der Waals surface area contributed by atoms with E-state index in [0.29, 0.717) is 28.1 Å². The fourth-order valence-corrected chi connectivity index (χ4v) is 8.82. The lowest BCUT2D eigenvalue weighted by Crippen LogP contribution is -2.10. The van der Waals surface area contributed by atoms with Crippen LogP contribution in [0.4, 0.5) is 13.2 Å². The second-order valence-corrected chi connectivity index (χ2v) is 15.4. The van der Waals surface area contributed by atoms with Crippen molar-refractivity contribution >= 4 is 43.6 Å². The summed E-state index contributed by atoms with van der Waals surface area (Å²) in [6.45, 7) is 5.82. The molecule has 10 aromatic rings. The van der Waals surface area contributed by atoms with Crippen molar-refractivity contribution in [3.8, 4) is 50.8 Å². The van der Waals surface area contributed by atoms with Gasteiger partial charge in [0.1, 0.15) is 11.6 Å². The van der Waals surface area contributed by atoms with E-state index < -0.39 is 11.7 Å². The molecule has 0 amide bonds. The van der Waals surface area contributed by atoms with Crippen LogP contribution in [0.2, 0.25) is 0 Å². The zero-order valence-electron chi connectivity index (χ0n) is 32.6. The molecule has 2 heterocycles. The van der Waals surface area contributed by atoms with E-state index >= 15 is 13.2 Å². The second-order valence-electron chi connectivity index (χ2n) is 15.4. The molecule has 0 saturated carbocycles. The normalized spacial score (nSPS) is 11.9. The van der Waals surface area contributed by atoms with Crippen LogP contribution in [0.3, 0.4) is 0 Å². The number of aryl methyl sites for hydroxylation is 3. The summed E-state index contributed by atoms with van der Waals surface area (Å²) in [5.74, 6) is 0. The van der Waals surface area contributed by atoms with Gasteiger partial charge < -0.3 is 9.13 Å². The molecule has 0 atom stereocenters. The van der Waals surface area contributed by atoms with E-state index in [1.54, 1.807) is 25.1 Å². The molecule has 0 aliphatic rings. The smallest absolute Gasteiger partial charge is 0.308 e.